The van der Waals surface area contributed by atoms with Gasteiger partial charge in [0.25, 0.3) is 0 Å². The first-order valence-electron chi connectivity index (χ1n) is 5.29. The molecule has 0 saturated carbocycles. The fraction of sp³-hybridized carbons (Fsp3) is 0.727. The van der Waals surface area contributed by atoms with Crippen LogP contribution in [0.2, 0.25) is 0 Å². The van der Waals surface area contributed by atoms with Gasteiger partial charge in [-0.15, -0.1) is 22.9 Å². The quantitative estimate of drug-likeness (QED) is 0.684. The lowest BCUT2D eigenvalue weighted by atomic mass is 10.3. The van der Waals surface area contributed by atoms with Gasteiger partial charge in [-0.25, -0.2) is 4.98 Å². The molecule has 0 N–H and O–H groups in total. The molecule has 0 fully saturated rings. The van der Waals surface area contributed by atoms with Crippen molar-refractivity contribution in [1.82, 2.24) is 4.98 Å². The van der Waals surface area contributed by atoms with Gasteiger partial charge in [-0.1, -0.05) is 13.8 Å². The van der Waals surface area contributed by atoms with Crippen LogP contribution in [0.5, 0.6) is 0 Å². The van der Waals surface area contributed by atoms with Gasteiger partial charge in [0.2, 0.25) is 0 Å². The predicted molar refractivity (Wildman–Crippen MR) is 72.2 cm³/mol. The Balaban J connectivity index is 2.26. The van der Waals surface area contributed by atoms with Crippen LogP contribution in [0.4, 0.5) is 0 Å². The van der Waals surface area contributed by atoms with E-state index in [2.05, 4.69) is 24.2 Å². The molecule has 1 heterocycles. The first kappa shape index (κ1) is 13.3. The molecule has 0 saturated heterocycles. The van der Waals surface area contributed by atoms with E-state index in [9.17, 15) is 0 Å². The monoisotopic (exact) mass is 263 g/mol. The maximum atomic E-state index is 5.65. The molecule has 0 bridgehead atoms. The van der Waals surface area contributed by atoms with Crippen LogP contribution >= 0.6 is 34.7 Å². The Hall–Kier alpha value is 0.270. The molecular weight excluding hydrogens is 246 g/mol. The van der Waals surface area contributed by atoms with Gasteiger partial charge in [-0.3, -0.25) is 0 Å². The lowest BCUT2D eigenvalue weighted by molar-refractivity contribution is 0.750. The molecular formula is C11H18ClNS2. The molecule has 0 aromatic carbocycles. The van der Waals surface area contributed by atoms with E-state index in [0.717, 1.165) is 30.4 Å². The van der Waals surface area contributed by atoms with Gasteiger partial charge < -0.3 is 0 Å². The molecule has 1 aromatic heterocycles. The number of rotatable bonds is 7. The normalized spacial score (nSPS) is 11.2. The van der Waals surface area contributed by atoms with Crippen molar-refractivity contribution in [1.29, 1.82) is 0 Å². The van der Waals surface area contributed by atoms with Crippen molar-refractivity contribution < 1.29 is 0 Å². The maximum absolute atomic E-state index is 5.65. The highest BCUT2D eigenvalue weighted by molar-refractivity contribution is 7.98. The summed E-state index contributed by atoms with van der Waals surface area (Å²) >= 11 is 9.40. The highest BCUT2D eigenvalue weighted by Crippen LogP contribution is 2.19. The summed E-state index contributed by atoms with van der Waals surface area (Å²) in [4.78, 5) is 4.58. The maximum Gasteiger partial charge on any atom is 0.103 e. The topological polar surface area (TPSA) is 12.9 Å². The SMILES string of the molecule is CC(C)CSCc1nc(CCCCl)cs1. The fourth-order valence-electron chi connectivity index (χ4n) is 1.16. The molecule has 4 heteroatoms. The number of alkyl halides is 1. The molecule has 1 nitrogen and oxygen atoms in total. The summed E-state index contributed by atoms with van der Waals surface area (Å²) in [5.74, 6) is 3.78. The summed E-state index contributed by atoms with van der Waals surface area (Å²) in [6.45, 7) is 4.50. The summed E-state index contributed by atoms with van der Waals surface area (Å²) in [5.41, 5.74) is 1.21. The number of nitrogens with zero attached hydrogens (tertiary/aromatic N) is 1. The Morgan fingerprint density at radius 2 is 2.33 bits per heavy atom. The van der Waals surface area contributed by atoms with Crippen molar-refractivity contribution in [3.05, 3.63) is 16.1 Å². The summed E-state index contributed by atoms with van der Waals surface area (Å²) < 4.78 is 0. The summed E-state index contributed by atoms with van der Waals surface area (Å²) in [7, 11) is 0. The molecule has 15 heavy (non-hydrogen) atoms. The van der Waals surface area contributed by atoms with Gasteiger partial charge in [0, 0.05) is 17.0 Å². The Bertz CT molecular complexity index is 273. The second-order valence-corrected chi connectivity index (χ2v) is 6.28. The zero-order valence-electron chi connectivity index (χ0n) is 9.33. The Kier molecular flexibility index (Phi) is 6.69. The van der Waals surface area contributed by atoms with Crippen LogP contribution < -0.4 is 0 Å². The summed E-state index contributed by atoms with van der Waals surface area (Å²) in [5, 5.41) is 3.42. The minimum atomic E-state index is 0.731. The number of halogens is 1. The van der Waals surface area contributed by atoms with Gasteiger partial charge in [0.1, 0.15) is 5.01 Å². The van der Waals surface area contributed by atoms with Gasteiger partial charge in [0.05, 0.1) is 5.69 Å². The number of thiazole rings is 1. The van der Waals surface area contributed by atoms with E-state index in [1.807, 2.05) is 11.8 Å². The predicted octanol–water partition coefficient (Wildman–Crippen LogP) is 4.20. The minimum absolute atomic E-state index is 0.731. The molecule has 0 radical (unpaired) electrons. The van der Waals surface area contributed by atoms with Crippen LogP contribution in [0.15, 0.2) is 5.38 Å². The molecule has 0 spiro atoms. The van der Waals surface area contributed by atoms with E-state index in [1.165, 1.54) is 16.5 Å². The third-order valence-electron chi connectivity index (χ3n) is 1.84. The van der Waals surface area contributed by atoms with Crippen molar-refractivity contribution in [2.24, 2.45) is 5.92 Å². The van der Waals surface area contributed by atoms with E-state index < -0.39 is 0 Å². The standard InChI is InChI=1S/C11H18ClNS2/c1-9(2)6-14-8-11-13-10(7-15-11)4-3-5-12/h7,9H,3-6,8H2,1-2H3. The van der Waals surface area contributed by atoms with E-state index in [-0.39, 0.29) is 0 Å². The van der Waals surface area contributed by atoms with Crippen LogP contribution in [-0.2, 0) is 12.2 Å². The van der Waals surface area contributed by atoms with E-state index >= 15 is 0 Å². The van der Waals surface area contributed by atoms with Crippen LogP contribution in [0, 0.1) is 5.92 Å². The fourth-order valence-corrected chi connectivity index (χ4v) is 3.26. The van der Waals surface area contributed by atoms with Gasteiger partial charge in [-0.2, -0.15) is 11.8 Å². The molecule has 0 atom stereocenters. The smallest absolute Gasteiger partial charge is 0.103 e. The molecule has 0 aliphatic heterocycles. The van der Waals surface area contributed by atoms with E-state index in [4.69, 9.17) is 11.6 Å². The third kappa shape index (κ3) is 5.79. The van der Waals surface area contributed by atoms with Crippen LogP contribution in [0.25, 0.3) is 0 Å². The highest BCUT2D eigenvalue weighted by Gasteiger charge is 2.02. The molecule has 86 valence electrons. The number of thioether (sulfide) groups is 1. The van der Waals surface area contributed by atoms with Crippen molar-refractivity contribution >= 4 is 34.7 Å². The average molecular weight is 264 g/mol. The Morgan fingerprint density at radius 3 is 3.00 bits per heavy atom. The Labute approximate surface area is 106 Å². The van der Waals surface area contributed by atoms with Crippen molar-refractivity contribution in [2.45, 2.75) is 32.4 Å². The molecule has 0 aliphatic rings. The first-order valence-corrected chi connectivity index (χ1v) is 7.86. The number of aryl methyl sites for hydroxylation is 1. The first-order chi connectivity index (χ1) is 7.22. The molecule has 1 rings (SSSR count). The van der Waals surface area contributed by atoms with Crippen molar-refractivity contribution in [3.63, 3.8) is 0 Å². The lowest BCUT2D eigenvalue weighted by Crippen LogP contribution is -1.92. The van der Waals surface area contributed by atoms with Gasteiger partial charge in [-0.05, 0) is 24.5 Å². The van der Waals surface area contributed by atoms with E-state index in [1.54, 1.807) is 11.3 Å². The van der Waals surface area contributed by atoms with Crippen molar-refractivity contribution in [2.75, 3.05) is 11.6 Å². The lowest BCUT2D eigenvalue weighted by Gasteiger charge is -2.01. The van der Waals surface area contributed by atoms with Crippen LogP contribution in [0.1, 0.15) is 31.0 Å². The van der Waals surface area contributed by atoms with Crippen LogP contribution in [0.3, 0.4) is 0 Å². The van der Waals surface area contributed by atoms with Crippen molar-refractivity contribution in [3.8, 4) is 0 Å². The second kappa shape index (κ2) is 7.53. The largest absolute Gasteiger partial charge is 0.245 e. The third-order valence-corrected chi connectivity index (χ3v) is 4.57. The van der Waals surface area contributed by atoms with Gasteiger partial charge in [0.15, 0.2) is 0 Å². The Morgan fingerprint density at radius 1 is 1.53 bits per heavy atom. The number of hydrogen-bond donors (Lipinski definition) is 0. The average Bonchev–Trinajstić information content (AvgIpc) is 2.62. The second-order valence-electron chi connectivity index (χ2n) is 3.93. The number of aromatic nitrogens is 1. The molecule has 0 unspecified atom stereocenters. The van der Waals surface area contributed by atoms with E-state index in [0.29, 0.717) is 0 Å². The molecule has 1 aromatic rings. The van der Waals surface area contributed by atoms with Crippen LogP contribution in [-0.4, -0.2) is 16.6 Å². The molecule has 0 amide bonds. The number of hydrogen-bond acceptors (Lipinski definition) is 3. The zero-order valence-corrected chi connectivity index (χ0v) is 11.7. The molecule has 0 aliphatic carbocycles. The highest BCUT2D eigenvalue weighted by atomic mass is 35.5. The summed E-state index contributed by atoms with van der Waals surface area (Å²) in [6.07, 6.45) is 2.05. The zero-order chi connectivity index (χ0) is 11.1. The van der Waals surface area contributed by atoms with Gasteiger partial charge >= 0.3 is 0 Å². The minimum Gasteiger partial charge on any atom is -0.245 e. The summed E-state index contributed by atoms with van der Waals surface area (Å²) in [6, 6.07) is 0.